The number of ether oxygens (including phenoxy) is 1. The van der Waals surface area contributed by atoms with E-state index in [4.69, 9.17) is 4.74 Å². The average Bonchev–Trinajstić information content (AvgIpc) is 2.53. The van der Waals surface area contributed by atoms with Gasteiger partial charge in [-0.15, -0.1) is 0 Å². The fourth-order valence-electron chi connectivity index (χ4n) is 3.10. The minimum atomic E-state index is 0.0407. The molecule has 1 heterocycles. The van der Waals surface area contributed by atoms with Crippen LogP contribution in [0.2, 0.25) is 0 Å². The highest BCUT2D eigenvalue weighted by molar-refractivity contribution is 5.94. The van der Waals surface area contributed by atoms with Gasteiger partial charge >= 0.3 is 0 Å². The number of hydrogen-bond acceptors (Lipinski definition) is 3. The molecule has 1 unspecified atom stereocenters. The van der Waals surface area contributed by atoms with Crippen molar-refractivity contribution in [1.82, 2.24) is 10.2 Å². The standard InChI is InChI=1S/C18H28N2O2/c1-4-17(15-8-10-22-11-9-15)19-18(21)16-7-5-6-14(12-16)13-20(2)3/h5-7,12,15,17H,4,8-11,13H2,1-3H3,(H,19,21). The number of benzene rings is 1. The minimum Gasteiger partial charge on any atom is -0.381 e. The van der Waals surface area contributed by atoms with Gasteiger partial charge in [0.15, 0.2) is 0 Å². The molecule has 0 aromatic heterocycles. The van der Waals surface area contributed by atoms with E-state index in [0.717, 1.165) is 50.1 Å². The molecule has 1 aromatic carbocycles. The third-order valence-electron chi connectivity index (χ3n) is 4.28. The Bertz CT molecular complexity index is 482. The molecule has 1 aromatic rings. The zero-order valence-corrected chi connectivity index (χ0v) is 14.0. The van der Waals surface area contributed by atoms with Crippen molar-refractivity contribution in [1.29, 1.82) is 0 Å². The lowest BCUT2D eigenvalue weighted by Crippen LogP contribution is -2.42. The zero-order valence-electron chi connectivity index (χ0n) is 14.0. The van der Waals surface area contributed by atoms with Crippen molar-refractivity contribution >= 4 is 5.91 Å². The first-order valence-corrected chi connectivity index (χ1v) is 8.22. The Morgan fingerprint density at radius 3 is 2.73 bits per heavy atom. The van der Waals surface area contributed by atoms with E-state index in [1.807, 2.05) is 32.3 Å². The van der Waals surface area contributed by atoms with Crippen molar-refractivity contribution in [2.75, 3.05) is 27.3 Å². The first kappa shape index (κ1) is 17.0. The van der Waals surface area contributed by atoms with Crippen LogP contribution in [0.4, 0.5) is 0 Å². The molecule has 1 saturated heterocycles. The zero-order chi connectivity index (χ0) is 15.9. The molecule has 0 aliphatic carbocycles. The first-order chi connectivity index (χ1) is 10.6. The van der Waals surface area contributed by atoms with Crippen molar-refractivity contribution in [2.24, 2.45) is 5.92 Å². The predicted molar refractivity (Wildman–Crippen MR) is 88.9 cm³/mol. The Morgan fingerprint density at radius 2 is 2.09 bits per heavy atom. The molecule has 1 aliphatic heterocycles. The molecule has 122 valence electrons. The Hall–Kier alpha value is -1.39. The summed E-state index contributed by atoms with van der Waals surface area (Å²) in [4.78, 5) is 14.6. The van der Waals surface area contributed by atoms with E-state index in [1.54, 1.807) is 0 Å². The number of nitrogens with one attached hydrogen (secondary N) is 1. The molecule has 22 heavy (non-hydrogen) atoms. The topological polar surface area (TPSA) is 41.6 Å². The van der Waals surface area contributed by atoms with Crippen LogP contribution in [0.3, 0.4) is 0 Å². The Balaban J connectivity index is 2.00. The highest BCUT2D eigenvalue weighted by atomic mass is 16.5. The highest BCUT2D eigenvalue weighted by Gasteiger charge is 2.24. The van der Waals surface area contributed by atoms with Crippen molar-refractivity contribution in [2.45, 2.75) is 38.8 Å². The molecule has 0 saturated carbocycles. The lowest BCUT2D eigenvalue weighted by molar-refractivity contribution is 0.0510. The summed E-state index contributed by atoms with van der Waals surface area (Å²) in [5, 5.41) is 3.23. The van der Waals surface area contributed by atoms with Gasteiger partial charge < -0.3 is 15.0 Å². The van der Waals surface area contributed by atoms with E-state index in [-0.39, 0.29) is 11.9 Å². The van der Waals surface area contributed by atoms with E-state index in [2.05, 4.69) is 23.2 Å². The summed E-state index contributed by atoms with van der Waals surface area (Å²) in [7, 11) is 4.07. The van der Waals surface area contributed by atoms with Crippen LogP contribution >= 0.6 is 0 Å². The van der Waals surface area contributed by atoms with Crippen molar-refractivity contribution in [3.8, 4) is 0 Å². The maximum absolute atomic E-state index is 12.5. The van der Waals surface area contributed by atoms with Crippen molar-refractivity contribution < 1.29 is 9.53 Å². The van der Waals surface area contributed by atoms with Crippen LogP contribution in [-0.2, 0) is 11.3 Å². The second-order valence-electron chi connectivity index (χ2n) is 6.38. The van der Waals surface area contributed by atoms with Gasteiger partial charge in [-0.05, 0) is 57.0 Å². The van der Waals surface area contributed by atoms with Gasteiger partial charge in [-0.2, -0.15) is 0 Å². The van der Waals surface area contributed by atoms with Crippen LogP contribution in [-0.4, -0.2) is 44.2 Å². The summed E-state index contributed by atoms with van der Waals surface area (Å²) >= 11 is 0. The quantitative estimate of drug-likeness (QED) is 0.878. The molecule has 4 heteroatoms. The van der Waals surface area contributed by atoms with Gasteiger partial charge in [0.1, 0.15) is 0 Å². The van der Waals surface area contributed by atoms with Crippen LogP contribution in [0, 0.1) is 5.92 Å². The predicted octanol–water partition coefficient (Wildman–Crippen LogP) is 2.68. The number of nitrogens with zero attached hydrogens (tertiary/aromatic N) is 1. The number of carbonyl (C=O) groups is 1. The van der Waals surface area contributed by atoms with E-state index in [0.29, 0.717) is 5.92 Å². The van der Waals surface area contributed by atoms with E-state index in [1.165, 1.54) is 0 Å². The first-order valence-electron chi connectivity index (χ1n) is 8.22. The highest BCUT2D eigenvalue weighted by Crippen LogP contribution is 2.21. The van der Waals surface area contributed by atoms with Crippen LogP contribution in [0.15, 0.2) is 24.3 Å². The molecule has 1 aliphatic rings. The number of amides is 1. The van der Waals surface area contributed by atoms with Gasteiger partial charge in [-0.1, -0.05) is 19.1 Å². The fourth-order valence-corrected chi connectivity index (χ4v) is 3.10. The number of rotatable bonds is 6. The van der Waals surface area contributed by atoms with E-state index < -0.39 is 0 Å². The second-order valence-corrected chi connectivity index (χ2v) is 6.38. The monoisotopic (exact) mass is 304 g/mol. The number of carbonyl (C=O) groups excluding carboxylic acids is 1. The maximum Gasteiger partial charge on any atom is 0.251 e. The van der Waals surface area contributed by atoms with Crippen LogP contribution in [0.1, 0.15) is 42.1 Å². The Labute approximate surface area is 133 Å². The molecule has 0 spiro atoms. The average molecular weight is 304 g/mol. The summed E-state index contributed by atoms with van der Waals surface area (Å²) < 4.78 is 5.42. The normalized spacial score (nSPS) is 17.5. The third kappa shape index (κ3) is 4.82. The van der Waals surface area contributed by atoms with Gasteiger partial charge in [-0.3, -0.25) is 4.79 Å². The van der Waals surface area contributed by atoms with Gasteiger partial charge in [0.25, 0.3) is 5.91 Å². The van der Waals surface area contributed by atoms with Crippen molar-refractivity contribution in [3.05, 3.63) is 35.4 Å². The molecular weight excluding hydrogens is 276 g/mol. The third-order valence-corrected chi connectivity index (χ3v) is 4.28. The largest absolute Gasteiger partial charge is 0.381 e. The second kappa shape index (κ2) is 8.30. The maximum atomic E-state index is 12.5. The molecule has 1 N–H and O–H groups in total. The van der Waals surface area contributed by atoms with Crippen LogP contribution < -0.4 is 5.32 Å². The van der Waals surface area contributed by atoms with E-state index >= 15 is 0 Å². The molecule has 4 nitrogen and oxygen atoms in total. The van der Waals surface area contributed by atoms with Crippen LogP contribution in [0.25, 0.3) is 0 Å². The summed E-state index contributed by atoms with van der Waals surface area (Å²) in [5.41, 5.74) is 1.92. The van der Waals surface area contributed by atoms with Crippen LogP contribution in [0.5, 0.6) is 0 Å². The summed E-state index contributed by atoms with van der Waals surface area (Å²) in [5.74, 6) is 0.576. The molecule has 2 rings (SSSR count). The molecule has 1 atom stereocenters. The Morgan fingerprint density at radius 1 is 1.36 bits per heavy atom. The molecule has 1 amide bonds. The molecule has 1 fully saturated rings. The molecule has 0 radical (unpaired) electrons. The summed E-state index contributed by atoms with van der Waals surface area (Å²) in [6, 6.07) is 8.15. The minimum absolute atomic E-state index is 0.0407. The SMILES string of the molecule is CCC(NC(=O)c1cccc(CN(C)C)c1)C1CCOCC1. The summed E-state index contributed by atoms with van der Waals surface area (Å²) in [6.45, 7) is 4.62. The van der Waals surface area contributed by atoms with Gasteiger partial charge in [0.2, 0.25) is 0 Å². The molecule has 0 bridgehead atoms. The van der Waals surface area contributed by atoms with Crippen molar-refractivity contribution in [3.63, 3.8) is 0 Å². The number of hydrogen-bond donors (Lipinski definition) is 1. The smallest absolute Gasteiger partial charge is 0.251 e. The van der Waals surface area contributed by atoms with Gasteiger partial charge in [0.05, 0.1) is 0 Å². The van der Waals surface area contributed by atoms with Gasteiger partial charge in [-0.25, -0.2) is 0 Å². The fraction of sp³-hybridized carbons (Fsp3) is 0.611. The van der Waals surface area contributed by atoms with Gasteiger partial charge in [0, 0.05) is 31.4 Å². The summed E-state index contributed by atoms with van der Waals surface area (Å²) in [6.07, 6.45) is 3.05. The molecular formula is C18H28N2O2. The lowest BCUT2D eigenvalue weighted by Gasteiger charge is -2.30. The van der Waals surface area contributed by atoms with E-state index in [9.17, 15) is 4.79 Å². The lowest BCUT2D eigenvalue weighted by atomic mass is 9.90. The Kier molecular flexibility index (Phi) is 6.40.